The zero-order valence-electron chi connectivity index (χ0n) is 9.33. The SMILES string of the molecule is CC#CCCC(=O)C1C2CCC(C2)C1N. The van der Waals surface area contributed by atoms with Crippen molar-refractivity contribution in [2.75, 3.05) is 0 Å². The lowest BCUT2D eigenvalue weighted by Gasteiger charge is -2.26. The van der Waals surface area contributed by atoms with Gasteiger partial charge in [-0.2, -0.15) is 0 Å². The smallest absolute Gasteiger partial charge is 0.138 e. The van der Waals surface area contributed by atoms with Gasteiger partial charge in [0.25, 0.3) is 0 Å². The summed E-state index contributed by atoms with van der Waals surface area (Å²) in [5.41, 5.74) is 6.11. The number of ketones is 1. The maximum Gasteiger partial charge on any atom is 0.138 e. The van der Waals surface area contributed by atoms with Crippen molar-refractivity contribution >= 4 is 5.78 Å². The molecule has 82 valence electrons. The third kappa shape index (κ3) is 1.94. The molecule has 0 amide bonds. The minimum Gasteiger partial charge on any atom is -0.327 e. The molecule has 2 aliphatic rings. The fraction of sp³-hybridized carbons (Fsp3) is 0.769. The molecule has 0 heterocycles. The summed E-state index contributed by atoms with van der Waals surface area (Å²) >= 11 is 0. The van der Waals surface area contributed by atoms with Crippen LogP contribution >= 0.6 is 0 Å². The summed E-state index contributed by atoms with van der Waals surface area (Å²) in [5.74, 6) is 7.50. The lowest BCUT2D eigenvalue weighted by atomic mass is 9.81. The highest BCUT2D eigenvalue weighted by Crippen LogP contribution is 2.48. The van der Waals surface area contributed by atoms with Crippen LogP contribution in [0.5, 0.6) is 0 Å². The summed E-state index contributed by atoms with van der Waals surface area (Å²) in [5, 5.41) is 0. The Hall–Kier alpha value is -0.810. The van der Waals surface area contributed by atoms with Crippen LogP contribution in [0.1, 0.15) is 39.0 Å². The molecule has 2 aliphatic carbocycles. The molecule has 0 aromatic heterocycles. The molecule has 4 unspecified atom stereocenters. The number of carbonyl (C=O) groups is 1. The third-order valence-electron chi connectivity index (χ3n) is 4.03. The Morgan fingerprint density at radius 1 is 1.40 bits per heavy atom. The van der Waals surface area contributed by atoms with Crippen LogP contribution in [0.2, 0.25) is 0 Å². The van der Waals surface area contributed by atoms with E-state index in [-0.39, 0.29) is 12.0 Å². The van der Waals surface area contributed by atoms with Gasteiger partial charge >= 0.3 is 0 Å². The van der Waals surface area contributed by atoms with Gasteiger partial charge in [-0.3, -0.25) is 4.79 Å². The molecule has 0 saturated heterocycles. The van der Waals surface area contributed by atoms with E-state index in [0.29, 0.717) is 30.5 Å². The zero-order chi connectivity index (χ0) is 10.8. The second-order valence-electron chi connectivity index (χ2n) is 4.83. The van der Waals surface area contributed by atoms with Crippen molar-refractivity contribution in [2.24, 2.45) is 23.5 Å². The zero-order valence-corrected chi connectivity index (χ0v) is 9.33. The highest BCUT2D eigenvalue weighted by atomic mass is 16.1. The fourth-order valence-electron chi connectivity index (χ4n) is 3.29. The summed E-state index contributed by atoms with van der Waals surface area (Å²) in [6.45, 7) is 1.81. The maximum absolute atomic E-state index is 12.0. The van der Waals surface area contributed by atoms with Crippen molar-refractivity contribution in [1.82, 2.24) is 0 Å². The predicted molar refractivity (Wildman–Crippen MR) is 60.0 cm³/mol. The first-order chi connectivity index (χ1) is 7.24. The van der Waals surface area contributed by atoms with E-state index >= 15 is 0 Å². The number of Topliss-reactive ketones (excluding diaryl/α,β-unsaturated/α-hetero) is 1. The van der Waals surface area contributed by atoms with Crippen LogP contribution < -0.4 is 5.73 Å². The van der Waals surface area contributed by atoms with Crippen molar-refractivity contribution < 1.29 is 4.79 Å². The maximum atomic E-state index is 12.0. The minimum atomic E-state index is 0.144. The van der Waals surface area contributed by atoms with Crippen LogP contribution in [-0.2, 0) is 4.79 Å². The van der Waals surface area contributed by atoms with Crippen LogP contribution in [0.15, 0.2) is 0 Å². The van der Waals surface area contributed by atoms with E-state index in [9.17, 15) is 4.79 Å². The molecule has 2 N–H and O–H groups in total. The van der Waals surface area contributed by atoms with Crippen LogP contribution in [-0.4, -0.2) is 11.8 Å². The molecular weight excluding hydrogens is 186 g/mol. The molecule has 2 saturated carbocycles. The Labute approximate surface area is 91.6 Å². The highest BCUT2D eigenvalue weighted by Gasteiger charge is 2.48. The Morgan fingerprint density at radius 2 is 2.13 bits per heavy atom. The lowest BCUT2D eigenvalue weighted by Crippen LogP contribution is -2.40. The van der Waals surface area contributed by atoms with Crippen LogP contribution in [0.25, 0.3) is 0 Å². The van der Waals surface area contributed by atoms with E-state index in [4.69, 9.17) is 5.73 Å². The average Bonchev–Trinajstić information content (AvgIpc) is 2.78. The second-order valence-corrected chi connectivity index (χ2v) is 4.83. The van der Waals surface area contributed by atoms with Gasteiger partial charge in [-0.1, -0.05) is 0 Å². The van der Waals surface area contributed by atoms with Crippen molar-refractivity contribution in [1.29, 1.82) is 0 Å². The molecule has 15 heavy (non-hydrogen) atoms. The molecule has 2 fully saturated rings. The Bertz CT molecular complexity index is 310. The van der Waals surface area contributed by atoms with Crippen LogP contribution in [0.4, 0.5) is 0 Å². The van der Waals surface area contributed by atoms with Crippen LogP contribution in [0, 0.1) is 29.6 Å². The quantitative estimate of drug-likeness (QED) is 0.713. The normalized spacial score (nSPS) is 37.5. The molecule has 0 spiro atoms. The monoisotopic (exact) mass is 205 g/mol. The van der Waals surface area contributed by atoms with E-state index in [2.05, 4.69) is 11.8 Å². The van der Waals surface area contributed by atoms with Gasteiger partial charge in [0, 0.05) is 24.8 Å². The van der Waals surface area contributed by atoms with Crippen molar-refractivity contribution in [3.8, 4) is 11.8 Å². The van der Waals surface area contributed by atoms with E-state index in [1.807, 2.05) is 6.92 Å². The third-order valence-corrected chi connectivity index (χ3v) is 4.03. The molecule has 2 rings (SSSR count). The number of rotatable bonds is 3. The summed E-state index contributed by atoms with van der Waals surface area (Å²) in [7, 11) is 0. The van der Waals surface area contributed by atoms with Gasteiger partial charge in [0.1, 0.15) is 5.78 Å². The lowest BCUT2D eigenvalue weighted by molar-refractivity contribution is -0.124. The Morgan fingerprint density at radius 3 is 2.73 bits per heavy atom. The Kier molecular flexibility index (Phi) is 3.11. The summed E-state index contributed by atoms with van der Waals surface area (Å²) < 4.78 is 0. The van der Waals surface area contributed by atoms with E-state index in [1.54, 1.807) is 0 Å². The van der Waals surface area contributed by atoms with Gasteiger partial charge in [0.05, 0.1) is 0 Å². The average molecular weight is 205 g/mol. The topological polar surface area (TPSA) is 43.1 Å². The standard InChI is InChI=1S/C13H19NO/c1-2-3-4-5-11(15)12-9-6-7-10(8-9)13(12)14/h9-10,12-13H,4-8,14H2,1H3. The van der Waals surface area contributed by atoms with Gasteiger partial charge in [-0.25, -0.2) is 0 Å². The first-order valence-electron chi connectivity index (χ1n) is 5.92. The van der Waals surface area contributed by atoms with E-state index in [0.717, 1.165) is 0 Å². The largest absolute Gasteiger partial charge is 0.327 e. The summed E-state index contributed by atoms with van der Waals surface area (Å²) in [4.78, 5) is 12.0. The number of hydrogen-bond donors (Lipinski definition) is 1. The molecule has 2 heteroatoms. The van der Waals surface area contributed by atoms with Crippen LogP contribution in [0.3, 0.4) is 0 Å². The number of fused-ring (bicyclic) bond motifs is 2. The van der Waals surface area contributed by atoms with Gasteiger partial charge < -0.3 is 5.73 Å². The molecule has 0 aliphatic heterocycles. The molecular formula is C13H19NO. The number of nitrogens with two attached hydrogens (primary N) is 1. The summed E-state index contributed by atoms with van der Waals surface area (Å²) in [6, 6.07) is 0.144. The van der Waals surface area contributed by atoms with Crippen molar-refractivity contribution in [2.45, 2.75) is 45.1 Å². The van der Waals surface area contributed by atoms with E-state index < -0.39 is 0 Å². The summed E-state index contributed by atoms with van der Waals surface area (Å²) in [6.07, 6.45) is 4.95. The molecule has 2 bridgehead atoms. The second kappa shape index (κ2) is 4.37. The predicted octanol–water partition coefficient (Wildman–Crippen LogP) is 1.73. The highest BCUT2D eigenvalue weighted by molar-refractivity contribution is 5.82. The minimum absolute atomic E-state index is 0.144. The van der Waals surface area contributed by atoms with Gasteiger partial charge in [-0.05, 0) is 38.0 Å². The van der Waals surface area contributed by atoms with Crippen molar-refractivity contribution in [3.63, 3.8) is 0 Å². The first kappa shape index (κ1) is 10.7. The van der Waals surface area contributed by atoms with Gasteiger partial charge in [0.2, 0.25) is 0 Å². The molecule has 0 radical (unpaired) electrons. The fourth-order valence-corrected chi connectivity index (χ4v) is 3.29. The molecule has 0 aromatic carbocycles. The van der Waals surface area contributed by atoms with Gasteiger partial charge in [-0.15, -0.1) is 11.8 Å². The molecule has 0 aromatic rings. The first-order valence-corrected chi connectivity index (χ1v) is 5.92. The van der Waals surface area contributed by atoms with Gasteiger partial charge in [0.15, 0.2) is 0 Å². The van der Waals surface area contributed by atoms with E-state index in [1.165, 1.54) is 19.3 Å². The molecule has 2 nitrogen and oxygen atoms in total. The Balaban J connectivity index is 1.92. The van der Waals surface area contributed by atoms with Crippen molar-refractivity contribution in [3.05, 3.63) is 0 Å². The molecule has 4 atom stereocenters. The number of carbonyl (C=O) groups excluding carboxylic acids is 1. The number of hydrogen-bond acceptors (Lipinski definition) is 2.